The Kier molecular flexibility index (Phi) is 6.25. The van der Waals surface area contributed by atoms with Gasteiger partial charge in [0.25, 0.3) is 5.91 Å². The molecule has 2 aromatic rings. The summed E-state index contributed by atoms with van der Waals surface area (Å²) >= 11 is 0. The summed E-state index contributed by atoms with van der Waals surface area (Å²) in [7, 11) is 1.82. The van der Waals surface area contributed by atoms with Crippen LogP contribution in [0.15, 0.2) is 48.5 Å². The molecule has 0 aromatic heterocycles. The van der Waals surface area contributed by atoms with E-state index < -0.39 is 6.10 Å². The standard InChI is InChI=1S/C24H29N3O4/c1-16(28)25-19-8-9-22-18(12-19)13-23(31-22)24(30)26(2)21(17-6-4-3-5-7-17)15-27-11-10-20(29)14-27/h3-9,12,20-21,23,29H,10-11,13-15H2,1-2H3,(H,25,28)/t20-,21+,23+/m0/s1. The number of nitrogens with one attached hydrogen (secondary N) is 1. The quantitative estimate of drug-likeness (QED) is 0.745. The van der Waals surface area contributed by atoms with E-state index in [0.29, 0.717) is 30.9 Å². The first-order chi connectivity index (χ1) is 14.9. The summed E-state index contributed by atoms with van der Waals surface area (Å²) < 4.78 is 5.97. The van der Waals surface area contributed by atoms with Gasteiger partial charge in [0.05, 0.1) is 12.1 Å². The molecule has 2 N–H and O–H groups in total. The molecule has 2 heterocycles. The predicted molar refractivity (Wildman–Crippen MR) is 118 cm³/mol. The van der Waals surface area contributed by atoms with Crippen molar-refractivity contribution in [1.29, 1.82) is 0 Å². The lowest BCUT2D eigenvalue weighted by molar-refractivity contribution is -0.139. The van der Waals surface area contributed by atoms with Crippen molar-refractivity contribution in [1.82, 2.24) is 9.80 Å². The van der Waals surface area contributed by atoms with E-state index >= 15 is 0 Å². The summed E-state index contributed by atoms with van der Waals surface area (Å²) in [6, 6.07) is 15.3. The number of aliphatic hydroxyl groups excluding tert-OH is 1. The molecule has 1 fully saturated rings. The SMILES string of the molecule is CC(=O)Nc1ccc2c(c1)C[C@H](C(=O)N(C)[C@H](CN1CC[C@H](O)C1)c1ccccc1)O2. The number of β-amino-alcohol motifs (C(OH)–C–C–N with tert-alkyl or cyclic N) is 1. The van der Waals surface area contributed by atoms with Crippen molar-refractivity contribution in [2.45, 2.75) is 38.0 Å². The highest BCUT2D eigenvalue weighted by Gasteiger charge is 2.35. The molecule has 31 heavy (non-hydrogen) atoms. The van der Waals surface area contributed by atoms with Gasteiger partial charge in [-0.15, -0.1) is 0 Å². The number of anilines is 1. The minimum absolute atomic E-state index is 0.0779. The first kappa shape index (κ1) is 21.3. The summed E-state index contributed by atoms with van der Waals surface area (Å²) in [6.07, 6.45) is 0.332. The van der Waals surface area contributed by atoms with E-state index in [-0.39, 0.29) is 24.0 Å². The fourth-order valence-electron chi connectivity index (χ4n) is 4.40. The normalized spacial score (nSPS) is 21.3. The van der Waals surface area contributed by atoms with Gasteiger partial charge in [0.1, 0.15) is 5.75 Å². The van der Waals surface area contributed by atoms with Gasteiger partial charge in [0.15, 0.2) is 6.10 Å². The minimum atomic E-state index is -0.594. The van der Waals surface area contributed by atoms with E-state index in [2.05, 4.69) is 10.2 Å². The summed E-state index contributed by atoms with van der Waals surface area (Å²) in [5.41, 5.74) is 2.67. The Morgan fingerprint density at radius 1 is 1.26 bits per heavy atom. The third kappa shape index (κ3) is 4.89. The lowest BCUT2D eigenvalue weighted by Crippen LogP contribution is -2.44. The Balaban J connectivity index is 1.49. The van der Waals surface area contributed by atoms with Crippen LogP contribution in [-0.4, -0.2) is 65.6 Å². The van der Waals surface area contributed by atoms with E-state index in [4.69, 9.17) is 4.74 Å². The van der Waals surface area contributed by atoms with E-state index in [1.165, 1.54) is 6.92 Å². The predicted octanol–water partition coefficient (Wildman–Crippen LogP) is 2.21. The van der Waals surface area contributed by atoms with Crippen molar-refractivity contribution < 1.29 is 19.4 Å². The summed E-state index contributed by atoms with van der Waals surface area (Å²) in [4.78, 5) is 28.7. The molecule has 164 valence electrons. The molecule has 0 spiro atoms. The number of aliphatic hydroxyl groups is 1. The lowest BCUT2D eigenvalue weighted by atomic mass is 10.0. The number of fused-ring (bicyclic) bond motifs is 1. The van der Waals surface area contributed by atoms with Crippen LogP contribution in [0.3, 0.4) is 0 Å². The molecule has 7 nitrogen and oxygen atoms in total. The molecule has 0 saturated carbocycles. The molecule has 0 unspecified atom stereocenters. The van der Waals surface area contributed by atoms with Gasteiger partial charge in [-0.1, -0.05) is 30.3 Å². The second-order valence-corrected chi connectivity index (χ2v) is 8.39. The molecule has 3 atom stereocenters. The molecule has 2 aliphatic rings. The summed E-state index contributed by atoms with van der Waals surface area (Å²) in [6.45, 7) is 3.58. The van der Waals surface area contributed by atoms with Crippen LogP contribution in [0.1, 0.15) is 30.5 Å². The monoisotopic (exact) mass is 423 g/mol. The Hall–Kier alpha value is -2.90. The third-order valence-corrected chi connectivity index (χ3v) is 6.01. The van der Waals surface area contributed by atoms with Gasteiger partial charge < -0.3 is 20.1 Å². The van der Waals surface area contributed by atoms with Crippen molar-refractivity contribution in [3.8, 4) is 5.75 Å². The number of rotatable bonds is 6. The van der Waals surface area contributed by atoms with Crippen LogP contribution in [0.4, 0.5) is 5.69 Å². The molecule has 2 amide bonds. The Morgan fingerprint density at radius 3 is 2.71 bits per heavy atom. The zero-order valence-electron chi connectivity index (χ0n) is 18.0. The Labute approximate surface area is 182 Å². The van der Waals surface area contributed by atoms with Gasteiger partial charge in [-0.2, -0.15) is 0 Å². The maximum absolute atomic E-state index is 13.4. The molecule has 4 rings (SSSR count). The smallest absolute Gasteiger partial charge is 0.264 e. The first-order valence-electron chi connectivity index (χ1n) is 10.7. The summed E-state index contributed by atoms with van der Waals surface area (Å²) in [5, 5.41) is 12.7. The zero-order chi connectivity index (χ0) is 22.0. The highest BCUT2D eigenvalue weighted by atomic mass is 16.5. The number of ether oxygens (including phenoxy) is 1. The van der Waals surface area contributed by atoms with Gasteiger partial charge in [0, 0.05) is 51.3 Å². The fraction of sp³-hybridized carbons (Fsp3) is 0.417. The van der Waals surface area contributed by atoms with Crippen LogP contribution in [-0.2, 0) is 16.0 Å². The number of amides is 2. The third-order valence-electron chi connectivity index (χ3n) is 6.01. The van der Waals surface area contributed by atoms with Crippen LogP contribution in [0.2, 0.25) is 0 Å². The van der Waals surface area contributed by atoms with Crippen molar-refractivity contribution in [3.63, 3.8) is 0 Å². The molecule has 0 bridgehead atoms. The van der Waals surface area contributed by atoms with Crippen LogP contribution >= 0.6 is 0 Å². The lowest BCUT2D eigenvalue weighted by Gasteiger charge is -2.33. The second-order valence-electron chi connectivity index (χ2n) is 8.39. The molecule has 7 heteroatoms. The minimum Gasteiger partial charge on any atom is -0.480 e. The van der Waals surface area contributed by atoms with E-state index in [9.17, 15) is 14.7 Å². The van der Waals surface area contributed by atoms with Crippen LogP contribution in [0, 0.1) is 0 Å². The fourth-order valence-corrected chi connectivity index (χ4v) is 4.40. The molecule has 2 aliphatic heterocycles. The van der Waals surface area contributed by atoms with Crippen molar-refractivity contribution >= 4 is 17.5 Å². The van der Waals surface area contributed by atoms with Crippen molar-refractivity contribution in [2.75, 3.05) is 32.0 Å². The van der Waals surface area contributed by atoms with Crippen molar-refractivity contribution in [3.05, 3.63) is 59.7 Å². The maximum Gasteiger partial charge on any atom is 0.264 e. The van der Waals surface area contributed by atoms with E-state index in [1.54, 1.807) is 17.0 Å². The number of likely N-dealkylation sites (N-methyl/N-ethyl adjacent to an activating group) is 1. The van der Waals surface area contributed by atoms with Crippen LogP contribution in [0.5, 0.6) is 5.75 Å². The van der Waals surface area contributed by atoms with E-state index in [0.717, 1.165) is 24.1 Å². The summed E-state index contributed by atoms with van der Waals surface area (Å²) in [5.74, 6) is 0.467. The molecule has 2 aromatic carbocycles. The average Bonchev–Trinajstić information content (AvgIpc) is 3.36. The van der Waals surface area contributed by atoms with Crippen molar-refractivity contribution in [2.24, 2.45) is 0 Å². The van der Waals surface area contributed by atoms with Crippen LogP contribution < -0.4 is 10.1 Å². The van der Waals surface area contributed by atoms with Crippen LogP contribution in [0.25, 0.3) is 0 Å². The molecule has 0 aliphatic carbocycles. The topological polar surface area (TPSA) is 82.1 Å². The molecule has 0 radical (unpaired) electrons. The highest BCUT2D eigenvalue weighted by molar-refractivity contribution is 5.89. The maximum atomic E-state index is 13.4. The second kappa shape index (κ2) is 9.08. The zero-order valence-corrected chi connectivity index (χ0v) is 18.0. The number of benzene rings is 2. The Bertz CT molecular complexity index is 949. The highest BCUT2D eigenvalue weighted by Crippen LogP contribution is 2.33. The number of hydrogen-bond donors (Lipinski definition) is 2. The number of hydrogen-bond acceptors (Lipinski definition) is 5. The molecule has 1 saturated heterocycles. The molecular formula is C24H29N3O4. The van der Waals surface area contributed by atoms with E-state index in [1.807, 2.05) is 43.4 Å². The van der Waals surface area contributed by atoms with Gasteiger partial charge >= 0.3 is 0 Å². The average molecular weight is 424 g/mol. The van der Waals surface area contributed by atoms with Gasteiger partial charge in [0.2, 0.25) is 5.91 Å². The number of carbonyl (C=O) groups is 2. The van der Waals surface area contributed by atoms with Gasteiger partial charge in [-0.3, -0.25) is 14.5 Å². The Morgan fingerprint density at radius 2 is 2.03 bits per heavy atom. The number of likely N-dealkylation sites (tertiary alicyclic amines) is 1. The number of carbonyl (C=O) groups excluding carboxylic acids is 2. The van der Waals surface area contributed by atoms with Gasteiger partial charge in [-0.25, -0.2) is 0 Å². The molecular weight excluding hydrogens is 394 g/mol. The number of nitrogens with zero attached hydrogens (tertiary/aromatic N) is 2. The largest absolute Gasteiger partial charge is 0.480 e. The first-order valence-corrected chi connectivity index (χ1v) is 10.7. The van der Waals surface area contributed by atoms with Gasteiger partial charge in [-0.05, 0) is 30.2 Å².